The Hall–Kier alpha value is -1.95. The summed E-state index contributed by atoms with van der Waals surface area (Å²) in [4.78, 5) is 19.6. The number of amides is 1. The number of primary amides is 1. The Balaban J connectivity index is 2.26. The summed E-state index contributed by atoms with van der Waals surface area (Å²) in [6, 6.07) is 6.41. The summed E-state index contributed by atoms with van der Waals surface area (Å²) >= 11 is 1.61. The SMILES string of the molecule is Cc1cc(C)cc(Sc2nc(COC(N)=O)[nH]c2C(C)C)c1. The topological polar surface area (TPSA) is 81.0 Å². The van der Waals surface area contributed by atoms with Crippen LogP contribution in [0.25, 0.3) is 0 Å². The molecule has 1 amide bonds. The second kappa shape index (κ2) is 6.87. The van der Waals surface area contributed by atoms with Gasteiger partial charge in [0.25, 0.3) is 0 Å². The number of aromatic amines is 1. The van der Waals surface area contributed by atoms with Crippen molar-refractivity contribution in [2.75, 3.05) is 0 Å². The number of rotatable bonds is 5. The first-order valence-corrected chi connectivity index (χ1v) is 7.94. The zero-order chi connectivity index (χ0) is 16.3. The fourth-order valence-electron chi connectivity index (χ4n) is 2.20. The van der Waals surface area contributed by atoms with Crippen molar-refractivity contribution in [2.24, 2.45) is 5.73 Å². The largest absolute Gasteiger partial charge is 0.442 e. The molecule has 0 aliphatic rings. The van der Waals surface area contributed by atoms with Crippen molar-refractivity contribution in [1.82, 2.24) is 9.97 Å². The third-order valence-electron chi connectivity index (χ3n) is 3.08. The van der Waals surface area contributed by atoms with Crippen LogP contribution in [-0.2, 0) is 11.3 Å². The number of nitrogens with two attached hydrogens (primary N) is 1. The van der Waals surface area contributed by atoms with Gasteiger partial charge in [0.2, 0.25) is 0 Å². The van der Waals surface area contributed by atoms with Crippen LogP contribution in [0.2, 0.25) is 0 Å². The predicted molar refractivity (Wildman–Crippen MR) is 87.1 cm³/mol. The van der Waals surface area contributed by atoms with E-state index in [0.717, 1.165) is 15.6 Å². The van der Waals surface area contributed by atoms with Gasteiger partial charge in [-0.2, -0.15) is 0 Å². The van der Waals surface area contributed by atoms with Crippen LogP contribution in [0.1, 0.15) is 42.4 Å². The summed E-state index contributed by atoms with van der Waals surface area (Å²) in [7, 11) is 0. The number of carbonyl (C=O) groups is 1. The van der Waals surface area contributed by atoms with Crippen LogP contribution in [0, 0.1) is 13.8 Å². The molecule has 0 spiro atoms. The van der Waals surface area contributed by atoms with Gasteiger partial charge in [-0.25, -0.2) is 9.78 Å². The smallest absolute Gasteiger partial charge is 0.404 e. The van der Waals surface area contributed by atoms with Crippen molar-refractivity contribution in [1.29, 1.82) is 0 Å². The molecule has 0 aliphatic heterocycles. The van der Waals surface area contributed by atoms with Crippen LogP contribution in [-0.4, -0.2) is 16.1 Å². The summed E-state index contributed by atoms with van der Waals surface area (Å²) in [5.74, 6) is 0.901. The normalized spacial score (nSPS) is 11.0. The van der Waals surface area contributed by atoms with Crippen molar-refractivity contribution in [3.63, 3.8) is 0 Å². The van der Waals surface area contributed by atoms with Crippen LogP contribution in [0.4, 0.5) is 4.79 Å². The number of H-pyrrole nitrogens is 1. The highest BCUT2D eigenvalue weighted by Gasteiger charge is 2.15. The van der Waals surface area contributed by atoms with Gasteiger partial charge in [-0.1, -0.05) is 31.7 Å². The molecule has 0 radical (unpaired) electrons. The van der Waals surface area contributed by atoms with Crippen molar-refractivity contribution in [3.05, 3.63) is 40.8 Å². The Morgan fingerprint density at radius 2 is 1.95 bits per heavy atom. The Labute approximate surface area is 134 Å². The number of hydrogen-bond acceptors (Lipinski definition) is 4. The summed E-state index contributed by atoms with van der Waals surface area (Å²) in [5.41, 5.74) is 8.48. The number of imidazole rings is 1. The zero-order valence-electron chi connectivity index (χ0n) is 13.3. The monoisotopic (exact) mass is 319 g/mol. The Bertz CT molecular complexity index is 660. The molecule has 1 aromatic heterocycles. The van der Waals surface area contributed by atoms with E-state index in [9.17, 15) is 4.79 Å². The number of benzene rings is 1. The molecule has 2 aromatic rings. The number of ether oxygens (including phenoxy) is 1. The molecule has 0 atom stereocenters. The standard InChI is InChI=1S/C16H21N3O2S/c1-9(2)14-15(19-13(18-14)8-21-16(17)20)22-12-6-10(3)5-11(4)7-12/h5-7,9H,8H2,1-4H3,(H2,17,20)(H,18,19). The number of nitrogens with zero attached hydrogens (tertiary/aromatic N) is 1. The lowest BCUT2D eigenvalue weighted by atomic mass is 10.2. The average molecular weight is 319 g/mol. The first kappa shape index (κ1) is 16.4. The lowest BCUT2D eigenvalue weighted by molar-refractivity contribution is 0.147. The van der Waals surface area contributed by atoms with E-state index in [1.54, 1.807) is 11.8 Å². The number of nitrogens with one attached hydrogen (secondary N) is 1. The second-order valence-electron chi connectivity index (χ2n) is 5.59. The quantitative estimate of drug-likeness (QED) is 0.876. The molecule has 0 saturated carbocycles. The van der Waals surface area contributed by atoms with Crippen molar-refractivity contribution >= 4 is 17.9 Å². The molecule has 1 aromatic carbocycles. The lowest BCUT2D eigenvalue weighted by Crippen LogP contribution is -2.13. The lowest BCUT2D eigenvalue weighted by Gasteiger charge is -2.07. The number of aryl methyl sites for hydroxylation is 2. The van der Waals surface area contributed by atoms with Gasteiger partial charge in [-0.05, 0) is 43.0 Å². The van der Waals surface area contributed by atoms with Gasteiger partial charge in [0.15, 0.2) is 6.61 Å². The molecular weight excluding hydrogens is 298 g/mol. The van der Waals surface area contributed by atoms with Gasteiger partial charge >= 0.3 is 6.09 Å². The molecule has 0 saturated heterocycles. The van der Waals surface area contributed by atoms with E-state index in [4.69, 9.17) is 10.5 Å². The van der Waals surface area contributed by atoms with E-state index >= 15 is 0 Å². The predicted octanol–water partition coefficient (Wildman–Crippen LogP) is 3.90. The van der Waals surface area contributed by atoms with E-state index < -0.39 is 6.09 Å². The molecule has 0 fully saturated rings. The molecule has 5 nitrogen and oxygen atoms in total. The molecule has 22 heavy (non-hydrogen) atoms. The number of carbonyl (C=O) groups excluding carboxylic acids is 1. The molecule has 0 bridgehead atoms. The minimum absolute atomic E-state index is 0.0580. The average Bonchev–Trinajstić information content (AvgIpc) is 2.78. The zero-order valence-corrected chi connectivity index (χ0v) is 14.1. The Morgan fingerprint density at radius 1 is 1.32 bits per heavy atom. The molecule has 0 aliphatic carbocycles. The van der Waals surface area contributed by atoms with E-state index in [-0.39, 0.29) is 6.61 Å². The summed E-state index contributed by atoms with van der Waals surface area (Å²) in [6.07, 6.45) is -0.800. The molecule has 0 unspecified atom stereocenters. The molecule has 6 heteroatoms. The summed E-state index contributed by atoms with van der Waals surface area (Å²) < 4.78 is 4.80. The number of hydrogen-bond donors (Lipinski definition) is 2. The highest BCUT2D eigenvalue weighted by atomic mass is 32.2. The maximum absolute atomic E-state index is 10.7. The minimum atomic E-state index is -0.800. The third-order valence-corrected chi connectivity index (χ3v) is 4.06. The summed E-state index contributed by atoms with van der Waals surface area (Å²) in [5, 5.41) is 0.906. The molecule has 3 N–H and O–H groups in total. The number of aromatic nitrogens is 2. The first-order chi connectivity index (χ1) is 10.3. The Morgan fingerprint density at radius 3 is 2.50 bits per heavy atom. The molecular formula is C16H21N3O2S. The van der Waals surface area contributed by atoms with Crippen LogP contribution >= 0.6 is 11.8 Å². The molecule has 1 heterocycles. The van der Waals surface area contributed by atoms with Gasteiger partial charge in [0, 0.05) is 4.90 Å². The van der Waals surface area contributed by atoms with E-state index in [1.807, 2.05) is 0 Å². The molecule has 2 rings (SSSR count). The fraction of sp³-hybridized carbons (Fsp3) is 0.375. The maximum atomic E-state index is 10.7. The van der Waals surface area contributed by atoms with Crippen LogP contribution in [0.15, 0.2) is 28.1 Å². The third kappa shape index (κ3) is 4.27. The highest BCUT2D eigenvalue weighted by molar-refractivity contribution is 7.99. The van der Waals surface area contributed by atoms with Crippen LogP contribution < -0.4 is 5.73 Å². The van der Waals surface area contributed by atoms with Crippen LogP contribution in [0.3, 0.4) is 0 Å². The Kier molecular flexibility index (Phi) is 5.13. The van der Waals surface area contributed by atoms with Crippen LogP contribution in [0.5, 0.6) is 0 Å². The van der Waals surface area contributed by atoms with E-state index in [2.05, 4.69) is 55.9 Å². The van der Waals surface area contributed by atoms with E-state index in [0.29, 0.717) is 11.7 Å². The van der Waals surface area contributed by atoms with Gasteiger partial charge in [0.05, 0.1) is 5.69 Å². The molecule has 118 valence electrons. The van der Waals surface area contributed by atoms with Gasteiger partial charge in [-0.15, -0.1) is 0 Å². The first-order valence-electron chi connectivity index (χ1n) is 7.12. The van der Waals surface area contributed by atoms with Gasteiger partial charge in [-0.3, -0.25) is 0 Å². The van der Waals surface area contributed by atoms with Crippen molar-refractivity contribution in [3.8, 4) is 0 Å². The maximum Gasteiger partial charge on any atom is 0.404 e. The van der Waals surface area contributed by atoms with Crippen molar-refractivity contribution < 1.29 is 9.53 Å². The van der Waals surface area contributed by atoms with E-state index in [1.165, 1.54) is 11.1 Å². The van der Waals surface area contributed by atoms with Crippen molar-refractivity contribution in [2.45, 2.75) is 50.1 Å². The van der Waals surface area contributed by atoms with Gasteiger partial charge in [0.1, 0.15) is 10.9 Å². The minimum Gasteiger partial charge on any atom is -0.442 e. The summed E-state index contributed by atoms with van der Waals surface area (Å²) in [6.45, 7) is 8.41. The fourth-order valence-corrected chi connectivity index (χ4v) is 3.47. The van der Waals surface area contributed by atoms with Gasteiger partial charge < -0.3 is 15.5 Å². The second-order valence-corrected chi connectivity index (χ2v) is 6.65. The highest BCUT2D eigenvalue weighted by Crippen LogP contribution is 2.33.